The molecule has 0 aliphatic heterocycles. The largest absolute Gasteiger partial charge is 0.507 e. The van der Waals surface area contributed by atoms with Crippen LogP contribution in [0.2, 0.25) is 0 Å². The summed E-state index contributed by atoms with van der Waals surface area (Å²) in [6.07, 6.45) is 0. The summed E-state index contributed by atoms with van der Waals surface area (Å²) in [5, 5.41) is 9.43. The van der Waals surface area contributed by atoms with Crippen LogP contribution >= 0.6 is 11.6 Å². The molecule has 0 saturated carbocycles. The lowest BCUT2D eigenvalue weighted by Crippen LogP contribution is -2.03. The highest BCUT2D eigenvalue weighted by Crippen LogP contribution is 2.27. The molecule has 0 fully saturated rings. The molecule has 1 aromatic carbocycles. The van der Waals surface area contributed by atoms with Crippen molar-refractivity contribution >= 4 is 17.4 Å². The van der Waals surface area contributed by atoms with Crippen LogP contribution in [-0.4, -0.2) is 23.4 Å². The fourth-order valence-electron chi connectivity index (χ4n) is 1.14. The molecule has 1 rings (SSSR count). The molecule has 0 heterocycles. The third kappa shape index (κ3) is 2.39. The van der Waals surface area contributed by atoms with Gasteiger partial charge in [-0.2, -0.15) is 0 Å². The maximum absolute atomic E-state index is 11.2. The average Bonchev–Trinajstić information content (AvgIpc) is 2.14. The number of rotatable bonds is 4. The molecule has 1 aromatic rings. The van der Waals surface area contributed by atoms with Crippen molar-refractivity contribution in [2.75, 3.05) is 12.5 Å². The molecule has 0 unspecified atom stereocenters. The summed E-state index contributed by atoms with van der Waals surface area (Å²) in [5.41, 5.74) is 0.206. The van der Waals surface area contributed by atoms with Crippen molar-refractivity contribution in [2.24, 2.45) is 0 Å². The molecule has 0 bridgehead atoms. The molecule has 14 heavy (non-hydrogen) atoms. The second-order valence-corrected chi connectivity index (χ2v) is 3.12. The molecule has 0 saturated heterocycles. The summed E-state index contributed by atoms with van der Waals surface area (Å²) < 4.78 is 5.22. The van der Waals surface area contributed by atoms with Crippen LogP contribution in [0.3, 0.4) is 0 Å². The molecular formula is C10H11ClO3. The SMILES string of the molecule is CC(=O)c1c(O)cccc1OCCCl. The summed E-state index contributed by atoms with van der Waals surface area (Å²) in [6.45, 7) is 1.69. The first kappa shape index (κ1) is 10.9. The zero-order valence-electron chi connectivity index (χ0n) is 7.79. The van der Waals surface area contributed by atoms with Crippen molar-refractivity contribution in [1.82, 2.24) is 0 Å². The molecular weight excluding hydrogens is 204 g/mol. The van der Waals surface area contributed by atoms with E-state index in [0.29, 0.717) is 18.2 Å². The van der Waals surface area contributed by atoms with Crippen molar-refractivity contribution in [3.63, 3.8) is 0 Å². The predicted octanol–water partition coefficient (Wildman–Crippen LogP) is 2.21. The molecule has 0 aliphatic rings. The number of carbonyl (C=O) groups is 1. The molecule has 76 valence electrons. The number of ketones is 1. The van der Waals surface area contributed by atoms with Crippen LogP contribution in [-0.2, 0) is 0 Å². The Bertz CT molecular complexity index is 336. The number of phenols is 1. The summed E-state index contributed by atoms with van der Waals surface area (Å²) in [4.78, 5) is 11.2. The maximum atomic E-state index is 11.2. The first-order chi connectivity index (χ1) is 6.66. The second kappa shape index (κ2) is 4.86. The maximum Gasteiger partial charge on any atom is 0.167 e. The zero-order chi connectivity index (χ0) is 10.6. The number of benzene rings is 1. The summed E-state index contributed by atoms with van der Waals surface area (Å²) in [7, 11) is 0. The number of Topliss-reactive ketones (excluding diaryl/α,β-unsaturated/α-hetero) is 1. The van der Waals surface area contributed by atoms with Crippen LogP contribution in [0.4, 0.5) is 0 Å². The van der Waals surface area contributed by atoms with Crippen LogP contribution in [0.1, 0.15) is 17.3 Å². The minimum absolute atomic E-state index is 0.0652. The second-order valence-electron chi connectivity index (χ2n) is 2.74. The fraction of sp³-hybridized carbons (Fsp3) is 0.300. The van der Waals surface area contributed by atoms with Gasteiger partial charge in [0.15, 0.2) is 5.78 Å². The Labute approximate surface area is 87.3 Å². The summed E-state index contributed by atoms with van der Waals surface area (Å²) in [6, 6.07) is 4.69. The molecule has 4 heteroatoms. The lowest BCUT2D eigenvalue weighted by atomic mass is 10.1. The number of hydrogen-bond acceptors (Lipinski definition) is 3. The van der Waals surface area contributed by atoms with Crippen molar-refractivity contribution in [1.29, 1.82) is 0 Å². The van der Waals surface area contributed by atoms with Gasteiger partial charge in [-0.05, 0) is 19.1 Å². The van der Waals surface area contributed by atoms with E-state index >= 15 is 0 Å². The van der Waals surface area contributed by atoms with Crippen molar-refractivity contribution in [3.05, 3.63) is 23.8 Å². The van der Waals surface area contributed by atoms with Gasteiger partial charge in [-0.1, -0.05) is 6.07 Å². The van der Waals surface area contributed by atoms with Crippen LogP contribution < -0.4 is 4.74 Å². The van der Waals surface area contributed by atoms with E-state index < -0.39 is 0 Å². The molecule has 0 atom stereocenters. The first-order valence-corrected chi connectivity index (χ1v) is 4.72. The van der Waals surface area contributed by atoms with Gasteiger partial charge >= 0.3 is 0 Å². The van der Waals surface area contributed by atoms with Gasteiger partial charge in [-0.15, -0.1) is 11.6 Å². The third-order valence-electron chi connectivity index (χ3n) is 1.69. The van der Waals surface area contributed by atoms with E-state index in [1.807, 2.05) is 0 Å². The Morgan fingerprint density at radius 1 is 1.57 bits per heavy atom. The van der Waals surface area contributed by atoms with Crippen molar-refractivity contribution in [3.8, 4) is 11.5 Å². The standard InChI is InChI=1S/C10H11ClO3/c1-7(12)10-8(13)3-2-4-9(10)14-6-5-11/h2-4,13H,5-6H2,1H3. The Kier molecular flexibility index (Phi) is 3.77. The smallest absolute Gasteiger partial charge is 0.167 e. The van der Waals surface area contributed by atoms with E-state index in [-0.39, 0.29) is 17.1 Å². The average molecular weight is 215 g/mol. The van der Waals surface area contributed by atoms with Crippen molar-refractivity contribution < 1.29 is 14.6 Å². The number of hydrogen-bond donors (Lipinski definition) is 1. The minimum atomic E-state index is -0.229. The number of ether oxygens (including phenoxy) is 1. The monoisotopic (exact) mass is 214 g/mol. The summed E-state index contributed by atoms with van der Waals surface area (Å²) >= 11 is 5.45. The normalized spacial score (nSPS) is 9.86. The van der Waals surface area contributed by atoms with E-state index in [9.17, 15) is 9.90 Å². The molecule has 0 aliphatic carbocycles. The highest BCUT2D eigenvalue weighted by Gasteiger charge is 2.12. The lowest BCUT2D eigenvalue weighted by Gasteiger charge is -2.09. The van der Waals surface area contributed by atoms with Gasteiger partial charge in [-0.25, -0.2) is 0 Å². The highest BCUT2D eigenvalue weighted by atomic mass is 35.5. The Morgan fingerprint density at radius 3 is 2.86 bits per heavy atom. The van der Waals surface area contributed by atoms with Gasteiger partial charge in [0, 0.05) is 0 Å². The number of phenolic OH excluding ortho intramolecular Hbond substituents is 1. The van der Waals surface area contributed by atoms with Gasteiger partial charge in [0.25, 0.3) is 0 Å². The quantitative estimate of drug-likeness (QED) is 0.618. The molecule has 3 nitrogen and oxygen atoms in total. The molecule has 0 aromatic heterocycles. The van der Waals surface area contributed by atoms with Gasteiger partial charge < -0.3 is 9.84 Å². The number of alkyl halides is 1. The van der Waals surface area contributed by atoms with Crippen LogP contribution in [0, 0.1) is 0 Å². The molecule has 0 spiro atoms. The van der Waals surface area contributed by atoms with Crippen LogP contribution in [0.15, 0.2) is 18.2 Å². The van der Waals surface area contributed by atoms with E-state index in [1.54, 1.807) is 12.1 Å². The topological polar surface area (TPSA) is 46.5 Å². The predicted molar refractivity (Wildman–Crippen MR) is 54.3 cm³/mol. The van der Waals surface area contributed by atoms with E-state index in [1.165, 1.54) is 13.0 Å². The van der Waals surface area contributed by atoms with E-state index in [4.69, 9.17) is 16.3 Å². The zero-order valence-corrected chi connectivity index (χ0v) is 8.54. The summed E-state index contributed by atoms with van der Waals surface area (Å²) in [5.74, 6) is 0.419. The van der Waals surface area contributed by atoms with Crippen molar-refractivity contribution in [2.45, 2.75) is 6.92 Å². The van der Waals surface area contributed by atoms with Crippen LogP contribution in [0.25, 0.3) is 0 Å². The Balaban J connectivity index is 3.02. The number of carbonyl (C=O) groups excluding carboxylic acids is 1. The van der Waals surface area contributed by atoms with E-state index in [2.05, 4.69) is 0 Å². The first-order valence-electron chi connectivity index (χ1n) is 4.18. The Morgan fingerprint density at radius 2 is 2.29 bits per heavy atom. The van der Waals surface area contributed by atoms with Gasteiger partial charge in [0.05, 0.1) is 5.88 Å². The fourth-order valence-corrected chi connectivity index (χ4v) is 1.22. The third-order valence-corrected chi connectivity index (χ3v) is 1.85. The number of aromatic hydroxyl groups is 1. The number of halogens is 1. The molecule has 0 radical (unpaired) electrons. The van der Waals surface area contributed by atoms with Crippen LogP contribution in [0.5, 0.6) is 11.5 Å². The Hall–Kier alpha value is -1.22. The lowest BCUT2D eigenvalue weighted by molar-refractivity contribution is 0.101. The molecule has 0 amide bonds. The highest BCUT2D eigenvalue weighted by molar-refractivity contribution is 6.18. The van der Waals surface area contributed by atoms with E-state index in [0.717, 1.165) is 0 Å². The van der Waals surface area contributed by atoms with Gasteiger partial charge in [0.1, 0.15) is 23.7 Å². The van der Waals surface area contributed by atoms with Gasteiger partial charge in [-0.3, -0.25) is 4.79 Å². The minimum Gasteiger partial charge on any atom is -0.507 e. The van der Waals surface area contributed by atoms with Gasteiger partial charge in [0.2, 0.25) is 0 Å². The molecule has 1 N–H and O–H groups in total.